The molecule has 0 unspecified atom stereocenters. The van der Waals surface area contributed by atoms with E-state index in [0.717, 1.165) is 31.3 Å². The van der Waals surface area contributed by atoms with Gasteiger partial charge in [0.1, 0.15) is 21.5 Å². The van der Waals surface area contributed by atoms with E-state index >= 15 is 4.39 Å². The van der Waals surface area contributed by atoms with Crippen molar-refractivity contribution in [2.45, 2.75) is 51.9 Å². The fourth-order valence-corrected chi connectivity index (χ4v) is 7.15. The first-order chi connectivity index (χ1) is 16.8. The summed E-state index contributed by atoms with van der Waals surface area (Å²) < 4.78 is 54.0. The molecule has 2 aromatic carbocycles. The Balaban J connectivity index is 1.50. The maximum atomic E-state index is 15.4. The number of sulfone groups is 1. The second kappa shape index (κ2) is 8.36. The molecule has 0 atom stereocenters. The molecule has 2 fully saturated rings. The minimum absolute atomic E-state index is 0.0159. The molecule has 0 aromatic heterocycles. The zero-order chi connectivity index (χ0) is 26.0. The molecule has 3 heterocycles. The average molecular weight is 517 g/mol. The number of carbonyl (C=O) groups excluding carboxylic acids is 2. The van der Waals surface area contributed by atoms with Crippen molar-refractivity contribution in [3.8, 4) is 0 Å². The Morgan fingerprint density at radius 2 is 1.64 bits per heavy atom. The summed E-state index contributed by atoms with van der Waals surface area (Å²) in [5, 5.41) is 0. The average Bonchev–Trinajstić information content (AvgIpc) is 2.95. The lowest BCUT2D eigenvalue weighted by molar-refractivity contribution is -0.121. The van der Waals surface area contributed by atoms with Crippen LogP contribution < -0.4 is 9.80 Å². The van der Waals surface area contributed by atoms with Gasteiger partial charge in [-0.3, -0.25) is 14.5 Å². The topological polar surface area (TPSA) is 74.8 Å². The molecule has 5 rings (SSSR count). The molecule has 2 saturated heterocycles. The normalized spacial score (nSPS) is 21.8. The van der Waals surface area contributed by atoms with Crippen molar-refractivity contribution in [3.05, 3.63) is 53.1 Å². The lowest BCUT2D eigenvalue weighted by atomic mass is 9.78. The van der Waals surface area contributed by atoms with Crippen LogP contribution in [-0.4, -0.2) is 44.7 Å². The zero-order valence-corrected chi connectivity index (χ0v) is 21.6. The van der Waals surface area contributed by atoms with Crippen LogP contribution >= 0.6 is 0 Å². The Labute approximate surface area is 210 Å². The van der Waals surface area contributed by atoms with Gasteiger partial charge in [0.15, 0.2) is 5.78 Å². The highest BCUT2D eigenvalue weighted by Crippen LogP contribution is 2.48. The standard InChI is InChI=1S/C27H30F2N2O4S/c1-26(2)19-14-18(24(32)16-27(3)7-11-36(34,35)12-8-27)21(29)15-22(19)31(25(26)33)23-13-17(5-6-20(23)28)30-9-4-10-30/h5-6,13-15H,4,7-12,16H2,1-3H3. The summed E-state index contributed by atoms with van der Waals surface area (Å²) in [5.41, 5.74) is -0.208. The van der Waals surface area contributed by atoms with E-state index in [9.17, 15) is 22.4 Å². The predicted molar refractivity (Wildman–Crippen MR) is 135 cm³/mol. The number of hydrogen-bond donors (Lipinski definition) is 0. The lowest BCUT2D eigenvalue weighted by Crippen LogP contribution is -2.37. The Hall–Kier alpha value is -2.81. The van der Waals surface area contributed by atoms with Crippen LogP contribution in [0.5, 0.6) is 0 Å². The number of amides is 1. The Bertz CT molecular complexity index is 1370. The van der Waals surface area contributed by atoms with Crippen molar-refractivity contribution in [1.29, 1.82) is 0 Å². The second-order valence-corrected chi connectivity index (χ2v) is 13.5. The molecule has 3 aliphatic rings. The van der Waals surface area contributed by atoms with Crippen LogP contribution in [0.25, 0.3) is 0 Å². The fourth-order valence-electron chi connectivity index (χ4n) is 5.34. The van der Waals surface area contributed by atoms with E-state index in [2.05, 4.69) is 4.90 Å². The second-order valence-electron chi connectivity index (χ2n) is 11.2. The van der Waals surface area contributed by atoms with Gasteiger partial charge in [-0.2, -0.15) is 0 Å². The number of fused-ring (bicyclic) bond motifs is 1. The molecule has 0 N–H and O–H groups in total. The van der Waals surface area contributed by atoms with E-state index in [0.29, 0.717) is 18.4 Å². The van der Waals surface area contributed by atoms with Gasteiger partial charge in [-0.15, -0.1) is 0 Å². The summed E-state index contributed by atoms with van der Waals surface area (Å²) in [5.74, 6) is -2.16. The molecule has 0 radical (unpaired) electrons. The Morgan fingerprint density at radius 1 is 0.972 bits per heavy atom. The van der Waals surface area contributed by atoms with Crippen molar-refractivity contribution in [1.82, 2.24) is 0 Å². The van der Waals surface area contributed by atoms with Crippen LogP contribution in [0.1, 0.15) is 62.4 Å². The van der Waals surface area contributed by atoms with Crippen molar-refractivity contribution in [2.75, 3.05) is 34.4 Å². The van der Waals surface area contributed by atoms with Gasteiger partial charge in [-0.1, -0.05) is 6.92 Å². The molecule has 2 aromatic rings. The number of anilines is 3. The number of ketones is 1. The predicted octanol–water partition coefficient (Wildman–Crippen LogP) is 4.92. The minimum Gasteiger partial charge on any atom is -0.371 e. The molecule has 6 nitrogen and oxygen atoms in total. The quantitative estimate of drug-likeness (QED) is 0.528. The van der Waals surface area contributed by atoms with Gasteiger partial charge >= 0.3 is 0 Å². The summed E-state index contributed by atoms with van der Waals surface area (Å²) in [6.45, 7) is 6.93. The summed E-state index contributed by atoms with van der Waals surface area (Å²) in [6.07, 6.45) is 1.75. The third-order valence-corrected chi connectivity index (χ3v) is 9.70. The van der Waals surface area contributed by atoms with Gasteiger partial charge in [0, 0.05) is 25.2 Å². The number of benzene rings is 2. The van der Waals surface area contributed by atoms with Crippen LogP contribution in [0.15, 0.2) is 30.3 Å². The lowest BCUT2D eigenvalue weighted by Gasteiger charge is -2.34. The van der Waals surface area contributed by atoms with Crippen molar-refractivity contribution >= 4 is 38.6 Å². The SMILES string of the molecule is CC1(CC(=O)c2cc3c(cc2F)N(c2cc(N4CCC4)ccc2F)C(=O)C3(C)C)CCS(=O)(=O)CC1. The summed E-state index contributed by atoms with van der Waals surface area (Å²) in [7, 11) is -3.10. The monoisotopic (exact) mass is 516 g/mol. The molecule has 192 valence electrons. The first kappa shape index (κ1) is 24.9. The van der Waals surface area contributed by atoms with Crippen molar-refractivity contribution in [2.24, 2.45) is 5.41 Å². The minimum atomic E-state index is -3.10. The molecular formula is C27H30F2N2O4S. The van der Waals surface area contributed by atoms with E-state index in [1.54, 1.807) is 26.0 Å². The van der Waals surface area contributed by atoms with E-state index < -0.39 is 44.0 Å². The van der Waals surface area contributed by atoms with Crippen molar-refractivity contribution < 1.29 is 26.8 Å². The first-order valence-electron chi connectivity index (χ1n) is 12.3. The molecule has 9 heteroatoms. The number of Topliss-reactive ketones (excluding diaryl/α,β-unsaturated/α-hetero) is 1. The van der Waals surface area contributed by atoms with E-state index in [1.165, 1.54) is 17.0 Å². The number of hydrogen-bond acceptors (Lipinski definition) is 5. The Morgan fingerprint density at radius 3 is 2.25 bits per heavy atom. The fraction of sp³-hybridized carbons (Fsp3) is 0.481. The van der Waals surface area contributed by atoms with Gasteiger partial charge < -0.3 is 4.90 Å². The molecule has 0 bridgehead atoms. The number of rotatable bonds is 5. The van der Waals surface area contributed by atoms with Gasteiger partial charge in [0.05, 0.1) is 33.9 Å². The van der Waals surface area contributed by atoms with E-state index in [1.807, 2.05) is 6.92 Å². The van der Waals surface area contributed by atoms with Crippen LogP contribution in [0, 0.1) is 17.0 Å². The van der Waals surface area contributed by atoms with Crippen molar-refractivity contribution in [3.63, 3.8) is 0 Å². The van der Waals surface area contributed by atoms with Crippen LogP contribution in [-0.2, 0) is 20.0 Å². The summed E-state index contributed by atoms with van der Waals surface area (Å²) in [4.78, 5) is 30.0. The maximum absolute atomic E-state index is 15.4. The third kappa shape index (κ3) is 4.11. The maximum Gasteiger partial charge on any atom is 0.241 e. The number of nitrogens with zero attached hydrogens (tertiary/aromatic N) is 2. The van der Waals surface area contributed by atoms with Gasteiger partial charge in [0.25, 0.3) is 0 Å². The molecule has 3 aliphatic heterocycles. The molecular weight excluding hydrogens is 486 g/mol. The molecule has 0 saturated carbocycles. The molecule has 0 spiro atoms. The highest BCUT2D eigenvalue weighted by molar-refractivity contribution is 7.91. The Kier molecular flexibility index (Phi) is 5.78. The van der Waals surface area contributed by atoms with E-state index in [4.69, 9.17) is 0 Å². The van der Waals surface area contributed by atoms with Crippen LogP contribution in [0.2, 0.25) is 0 Å². The summed E-state index contributed by atoms with van der Waals surface area (Å²) >= 11 is 0. The van der Waals surface area contributed by atoms with E-state index in [-0.39, 0.29) is 34.9 Å². The third-order valence-electron chi connectivity index (χ3n) is 8.05. The first-order valence-corrected chi connectivity index (χ1v) is 14.1. The van der Waals surface area contributed by atoms with Crippen LogP contribution in [0.4, 0.5) is 25.8 Å². The number of halogens is 2. The van der Waals surface area contributed by atoms with Gasteiger partial charge in [0.2, 0.25) is 5.91 Å². The molecule has 0 aliphatic carbocycles. The van der Waals surface area contributed by atoms with Crippen LogP contribution in [0.3, 0.4) is 0 Å². The molecule has 1 amide bonds. The molecule has 36 heavy (non-hydrogen) atoms. The largest absolute Gasteiger partial charge is 0.371 e. The number of carbonyl (C=O) groups is 2. The van der Waals surface area contributed by atoms with Gasteiger partial charge in [-0.25, -0.2) is 17.2 Å². The smallest absolute Gasteiger partial charge is 0.241 e. The zero-order valence-electron chi connectivity index (χ0n) is 20.7. The van der Waals surface area contributed by atoms with Gasteiger partial charge in [-0.05, 0) is 74.4 Å². The highest BCUT2D eigenvalue weighted by Gasteiger charge is 2.47. The summed E-state index contributed by atoms with van der Waals surface area (Å²) in [6, 6.07) is 7.18. The highest BCUT2D eigenvalue weighted by atomic mass is 32.2.